The predicted molar refractivity (Wildman–Crippen MR) is 63.0 cm³/mol. The lowest BCUT2D eigenvalue weighted by Gasteiger charge is -2.09. The molecule has 1 aliphatic rings. The number of hydrogen-bond acceptors (Lipinski definition) is 6. The van der Waals surface area contributed by atoms with E-state index in [4.69, 9.17) is 0 Å². The summed E-state index contributed by atoms with van der Waals surface area (Å²) in [5, 5.41) is 7.74. The Labute approximate surface area is 109 Å². The second kappa shape index (κ2) is 4.91. The molecule has 1 aliphatic carbocycles. The quantitative estimate of drug-likeness (QED) is 0.544. The minimum atomic E-state index is -1.31. The summed E-state index contributed by atoms with van der Waals surface area (Å²) in [7, 11) is 2.90. The number of hydrogen-bond donors (Lipinski definition) is 0. The molecule has 102 valence electrons. The largest absolute Gasteiger partial charge is 0.468 e. The lowest BCUT2D eigenvalue weighted by Crippen LogP contribution is -2.32. The number of methoxy groups -OCH3 is 1. The highest BCUT2D eigenvalue weighted by Crippen LogP contribution is 2.48. The van der Waals surface area contributed by atoms with Crippen molar-refractivity contribution in [3.8, 4) is 0 Å². The molecule has 1 saturated carbocycles. The monoisotopic (exact) mass is 265 g/mol. The molecule has 19 heavy (non-hydrogen) atoms. The summed E-state index contributed by atoms with van der Waals surface area (Å²) in [5.74, 6) is -3.35. The standard InChI is InChI=1S/C12H15N3O4/c1-6(16)10(12(18)19-3)11(17)8-4-7(8)9-5-15(2)14-13-9/h5,7-8,10H,4H2,1-3H3. The minimum Gasteiger partial charge on any atom is -0.468 e. The zero-order valence-corrected chi connectivity index (χ0v) is 11.0. The summed E-state index contributed by atoms with van der Waals surface area (Å²) in [4.78, 5) is 35.1. The maximum absolute atomic E-state index is 12.2. The molecule has 3 unspecified atom stereocenters. The number of aryl methyl sites for hydroxylation is 1. The van der Waals surface area contributed by atoms with Crippen LogP contribution in [-0.4, -0.2) is 39.6 Å². The Bertz CT molecular complexity index is 537. The van der Waals surface area contributed by atoms with Crippen molar-refractivity contribution in [2.24, 2.45) is 18.9 Å². The van der Waals surface area contributed by atoms with Gasteiger partial charge in [0.1, 0.15) is 0 Å². The van der Waals surface area contributed by atoms with Crippen LogP contribution >= 0.6 is 0 Å². The van der Waals surface area contributed by atoms with Gasteiger partial charge in [0, 0.05) is 25.1 Å². The Morgan fingerprint density at radius 1 is 1.47 bits per heavy atom. The topological polar surface area (TPSA) is 91.2 Å². The van der Waals surface area contributed by atoms with E-state index in [1.807, 2.05) is 0 Å². The van der Waals surface area contributed by atoms with E-state index in [0.717, 1.165) is 0 Å². The number of aromatic nitrogens is 3. The zero-order chi connectivity index (χ0) is 14.2. The van der Waals surface area contributed by atoms with E-state index in [1.165, 1.54) is 14.0 Å². The van der Waals surface area contributed by atoms with Crippen LogP contribution in [0.25, 0.3) is 0 Å². The molecule has 7 heteroatoms. The van der Waals surface area contributed by atoms with Crippen molar-refractivity contribution in [3.63, 3.8) is 0 Å². The molecule has 0 amide bonds. The van der Waals surface area contributed by atoms with Crippen LogP contribution in [0.5, 0.6) is 0 Å². The third-order valence-electron chi connectivity index (χ3n) is 3.28. The van der Waals surface area contributed by atoms with Gasteiger partial charge >= 0.3 is 5.97 Å². The number of esters is 1. The molecule has 7 nitrogen and oxygen atoms in total. The van der Waals surface area contributed by atoms with Gasteiger partial charge in [0.15, 0.2) is 17.5 Å². The second-order valence-electron chi connectivity index (χ2n) is 4.73. The summed E-state index contributed by atoms with van der Waals surface area (Å²) in [6.07, 6.45) is 2.33. The molecule has 1 fully saturated rings. The predicted octanol–water partition coefficient (Wildman–Crippen LogP) is -0.134. The van der Waals surface area contributed by atoms with Crippen LogP contribution in [-0.2, 0) is 26.2 Å². The van der Waals surface area contributed by atoms with Crippen LogP contribution in [0.15, 0.2) is 6.20 Å². The summed E-state index contributed by atoms with van der Waals surface area (Å²) in [5.41, 5.74) is 0.716. The number of ketones is 2. The van der Waals surface area contributed by atoms with Crippen molar-refractivity contribution in [2.45, 2.75) is 19.3 Å². The molecular weight excluding hydrogens is 250 g/mol. The van der Waals surface area contributed by atoms with Gasteiger partial charge in [-0.05, 0) is 13.3 Å². The number of nitrogens with zero attached hydrogens (tertiary/aromatic N) is 3. The summed E-state index contributed by atoms with van der Waals surface area (Å²) in [6, 6.07) is 0. The minimum absolute atomic E-state index is 0.0484. The molecular formula is C12H15N3O4. The zero-order valence-electron chi connectivity index (χ0n) is 11.0. The molecule has 1 aromatic rings. The van der Waals surface area contributed by atoms with Gasteiger partial charge < -0.3 is 4.74 Å². The number of carbonyl (C=O) groups excluding carboxylic acids is 3. The lowest BCUT2D eigenvalue weighted by molar-refractivity contribution is -0.152. The molecule has 0 radical (unpaired) electrons. The van der Waals surface area contributed by atoms with Gasteiger partial charge in [0.25, 0.3) is 0 Å². The van der Waals surface area contributed by atoms with Crippen LogP contribution in [0.3, 0.4) is 0 Å². The molecule has 0 aromatic carbocycles. The molecule has 1 heterocycles. The van der Waals surface area contributed by atoms with E-state index in [-0.39, 0.29) is 17.6 Å². The van der Waals surface area contributed by atoms with E-state index >= 15 is 0 Å². The Kier molecular flexibility index (Phi) is 3.46. The van der Waals surface area contributed by atoms with Crippen molar-refractivity contribution in [2.75, 3.05) is 7.11 Å². The molecule has 0 saturated heterocycles. The van der Waals surface area contributed by atoms with Gasteiger partial charge in [-0.3, -0.25) is 19.1 Å². The number of carbonyl (C=O) groups is 3. The summed E-state index contributed by atoms with van der Waals surface area (Å²) >= 11 is 0. The SMILES string of the molecule is COC(=O)C(C(C)=O)C(=O)C1CC1c1cn(C)nn1. The molecule has 0 spiro atoms. The highest BCUT2D eigenvalue weighted by molar-refractivity contribution is 6.17. The molecule has 2 rings (SSSR count). The van der Waals surface area contributed by atoms with Crippen LogP contribution in [0.4, 0.5) is 0 Å². The van der Waals surface area contributed by atoms with E-state index < -0.39 is 17.7 Å². The van der Waals surface area contributed by atoms with E-state index in [9.17, 15) is 14.4 Å². The molecule has 0 bridgehead atoms. The van der Waals surface area contributed by atoms with Crippen molar-refractivity contribution in [1.29, 1.82) is 0 Å². The third-order valence-corrected chi connectivity index (χ3v) is 3.28. The molecule has 0 aliphatic heterocycles. The second-order valence-corrected chi connectivity index (χ2v) is 4.73. The van der Waals surface area contributed by atoms with E-state index in [1.54, 1.807) is 17.9 Å². The van der Waals surface area contributed by atoms with Gasteiger partial charge in [-0.1, -0.05) is 5.21 Å². The maximum Gasteiger partial charge on any atom is 0.323 e. The Morgan fingerprint density at radius 2 is 2.16 bits per heavy atom. The average Bonchev–Trinajstić information content (AvgIpc) is 3.04. The van der Waals surface area contributed by atoms with Crippen LogP contribution in [0.1, 0.15) is 25.0 Å². The normalized spacial score (nSPS) is 22.7. The molecule has 3 atom stereocenters. The lowest BCUT2D eigenvalue weighted by atomic mass is 9.95. The molecule has 1 aromatic heterocycles. The van der Waals surface area contributed by atoms with Gasteiger partial charge in [0.2, 0.25) is 0 Å². The Morgan fingerprint density at radius 3 is 2.63 bits per heavy atom. The fraction of sp³-hybridized carbons (Fsp3) is 0.583. The first-order chi connectivity index (χ1) is 8.95. The van der Waals surface area contributed by atoms with Crippen molar-refractivity contribution in [3.05, 3.63) is 11.9 Å². The highest BCUT2D eigenvalue weighted by atomic mass is 16.5. The number of ether oxygens (including phenoxy) is 1. The van der Waals surface area contributed by atoms with Crippen molar-refractivity contribution >= 4 is 17.5 Å². The van der Waals surface area contributed by atoms with Crippen LogP contribution in [0, 0.1) is 11.8 Å². The number of Topliss-reactive ketones (excluding diaryl/α,β-unsaturated/α-hetero) is 2. The third kappa shape index (κ3) is 2.54. The first kappa shape index (κ1) is 13.4. The fourth-order valence-corrected chi connectivity index (χ4v) is 2.19. The maximum atomic E-state index is 12.2. The first-order valence-electron chi connectivity index (χ1n) is 5.94. The Hall–Kier alpha value is -2.05. The van der Waals surface area contributed by atoms with Gasteiger partial charge in [-0.15, -0.1) is 5.10 Å². The van der Waals surface area contributed by atoms with Crippen molar-refractivity contribution < 1.29 is 19.1 Å². The smallest absolute Gasteiger partial charge is 0.323 e. The summed E-state index contributed by atoms with van der Waals surface area (Å²) < 4.78 is 6.06. The van der Waals surface area contributed by atoms with E-state index in [2.05, 4.69) is 15.0 Å². The van der Waals surface area contributed by atoms with Crippen LogP contribution < -0.4 is 0 Å². The van der Waals surface area contributed by atoms with Crippen LogP contribution in [0.2, 0.25) is 0 Å². The fourth-order valence-electron chi connectivity index (χ4n) is 2.19. The molecule has 0 N–H and O–H groups in total. The average molecular weight is 265 g/mol. The van der Waals surface area contributed by atoms with Gasteiger partial charge in [0.05, 0.1) is 12.8 Å². The highest BCUT2D eigenvalue weighted by Gasteiger charge is 2.50. The van der Waals surface area contributed by atoms with Crippen molar-refractivity contribution in [1.82, 2.24) is 15.0 Å². The van der Waals surface area contributed by atoms with E-state index in [0.29, 0.717) is 12.1 Å². The summed E-state index contributed by atoms with van der Waals surface area (Å²) in [6.45, 7) is 1.22. The number of rotatable bonds is 5. The van der Waals surface area contributed by atoms with Gasteiger partial charge in [-0.2, -0.15) is 0 Å². The first-order valence-corrected chi connectivity index (χ1v) is 5.94. The van der Waals surface area contributed by atoms with Gasteiger partial charge in [-0.25, -0.2) is 0 Å². The Balaban J connectivity index is 2.09.